The maximum atomic E-state index is 13.1. The highest BCUT2D eigenvalue weighted by Gasteiger charge is 2.17. The molecule has 2 rings (SSSR count). The Balaban J connectivity index is 2.02. The van der Waals surface area contributed by atoms with E-state index >= 15 is 0 Å². The van der Waals surface area contributed by atoms with E-state index in [1.165, 1.54) is 25.3 Å². The van der Waals surface area contributed by atoms with E-state index in [2.05, 4.69) is 10.6 Å². The van der Waals surface area contributed by atoms with Crippen LogP contribution in [0.5, 0.6) is 11.5 Å². The summed E-state index contributed by atoms with van der Waals surface area (Å²) in [5.74, 6) is -4.11. The summed E-state index contributed by atoms with van der Waals surface area (Å²) < 4.78 is 36.3. The molecule has 29 heavy (non-hydrogen) atoms. The Morgan fingerprint density at radius 1 is 1.14 bits per heavy atom. The predicted octanol–water partition coefficient (Wildman–Crippen LogP) is 1.86. The molecule has 2 aromatic carbocycles. The quantitative estimate of drug-likeness (QED) is 0.594. The highest BCUT2D eigenvalue weighted by atomic mass is 35.5. The first-order valence-electron chi connectivity index (χ1n) is 8.03. The van der Waals surface area contributed by atoms with E-state index in [0.717, 1.165) is 12.1 Å². The Bertz CT molecular complexity index is 955. The average molecular weight is 428 g/mol. The minimum absolute atomic E-state index is 0.0120. The van der Waals surface area contributed by atoms with Crippen molar-refractivity contribution >= 4 is 35.0 Å². The molecule has 0 bridgehead atoms. The number of anilines is 1. The van der Waals surface area contributed by atoms with Gasteiger partial charge in [0.25, 0.3) is 11.8 Å². The first kappa shape index (κ1) is 21.9. The van der Waals surface area contributed by atoms with Crippen molar-refractivity contribution in [1.29, 1.82) is 0 Å². The van der Waals surface area contributed by atoms with Crippen molar-refractivity contribution in [1.82, 2.24) is 5.32 Å². The van der Waals surface area contributed by atoms with Gasteiger partial charge in [0.1, 0.15) is 0 Å². The van der Waals surface area contributed by atoms with Crippen LogP contribution in [-0.2, 0) is 9.59 Å². The van der Waals surface area contributed by atoms with Crippen LogP contribution >= 0.6 is 11.6 Å². The van der Waals surface area contributed by atoms with E-state index in [0.29, 0.717) is 0 Å². The van der Waals surface area contributed by atoms with Crippen LogP contribution < -0.4 is 25.8 Å². The molecular formula is C18H16ClF2N3O5. The SMILES string of the molecule is COc1cc(C(=O)NCC(=O)Nc2ccc(F)c(F)c2)cc(Cl)c1OCC(N)=O. The van der Waals surface area contributed by atoms with Gasteiger partial charge in [0.15, 0.2) is 29.7 Å². The van der Waals surface area contributed by atoms with Crippen molar-refractivity contribution < 1.29 is 32.6 Å². The van der Waals surface area contributed by atoms with Gasteiger partial charge in [0, 0.05) is 17.3 Å². The topological polar surface area (TPSA) is 120 Å². The number of nitrogens with two attached hydrogens (primary N) is 1. The number of amides is 3. The molecule has 0 aliphatic carbocycles. The molecule has 0 saturated carbocycles. The van der Waals surface area contributed by atoms with Crippen molar-refractivity contribution in [3.8, 4) is 11.5 Å². The van der Waals surface area contributed by atoms with Crippen LogP contribution in [0.1, 0.15) is 10.4 Å². The summed E-state index contributed by atoms with van der Waals surface area (Å²) in [6, 6.07) is 5.39. The second kappa shape index (κ2) is 9.69. The summed E-state index contributed by atoms with van der Waals surface area (Å²) in [4.78, 5) is 35.0. The standard InChI is InChI=1S/C18H16ClF2N3O5/c1-28-14-5-9(4-11(19)17(14)29-8-15(22)25)18(27)23-7-16(26)24-10-2-3-12(20)13(21)6-10/h2-6H,7-8H2,1H3,(H2,22,25)(H,23,27)(H,24,26). The Hall–Kier alpha value is -3.40. The van der Waals surface area contributed by atoms with E-state index in [1.54, 1.807) is 0 Å². The normalized spacial score (nSPS) is 10.2. The first-order chi connectivity index (χ1) is 13.7. The smallest absolute Gasteiger partial charge is 0.255 e. The number of ether oxygens (including phenoxy) is 2. The molecule has 0 radical (unpaired) electrons. The lowest BCUT2D eigenvalue weighted by Crippen LogP contribution is -2.32. The van der Waals surface area contributed by atoms with E-state index in [-0.39, 0.29) is 27.8 Å². The summed E-state index contributed by atoms with van der Waals surface area (Å²) in [6.45, 7) is -0.885. The lowest BCUT2D eigenvalue weighted by atomic mass is 10.2. The van der Waals surface area contributed by atoms with Crippen LogP contribution in [0.3, 0.4) is 0 Å². The molecule has 0 spiro atoms. The maximum absolute atomic E-state index is 13.1. The fraction of sp³-hybridized carbons (Fsp3) is 0.167. The Labute approximate surface area is 168 Å². The second-order valence-corrected chi connectivity index (χ2v) is 6.01. The third-order valence-corrected chi connectivity index (χ3v) is 3.74. The number of carbonyl (C=O) groups excluding carboxylic acids is 3. The molecule has 0 aliphatic rings. The summed E-state index contributed by atoms with van der Waals surface area (Å²) in [7, 11) is 1.31. The van der Waals surface area contributed by atoms with E-state index < -0.39 is 42.5 Å². The number of primary amides is 1. The van der Waals surface area contributed by atoms with Crippen LogP contribution in [0.2, 0.25) is 5.02 Å². The molecule has 2 aromatic rings. The molecule has 154 valence electrons. The van der Waals surface area contributed by atoms with Crippen molar-refractivity contribution in [3.05, 3.63) is 52.6 Å². The van der Waals surface area contributed by atoms with Crippen molar-refractivity contribution in [2.75, 3.05) is 25.6 Å². The number of halogens is 3. The Kier molecular flexibility index (Phi) is 7.32. The third-order valence-electron chi connectivity index (χ3n) is 3.46. The molecule has 8 nitrogen and oxygen atoms in total. The Morgan fingerprint density at radius 3 is 2.48 bits per heavy atom. The molecule has 3 amide bonds. The molecular weight excluding hydrogens is 412 g/mol. The van der Waals surface area contributed by atoms with E-state index in [9.17, 15) is 23.2 Å². The summed E-state index contributed by atoms with van der Waals surface area (Å²) >= 11 is 6.06. The lowest BCUT2D eigenvalue weighted by molar-refractivity contribution is -0.120. The van der Waals surface area contributed by atoms with Crippen molar-refractivity contribution in [2.24, 2.45) is 5.73 Å². The van der Waals surface area contributed by atoms with E-state index in [4.69, 9.17) is 26.8 Å². The molecule has 0 heterocycles. The monoisotopic (exact) mass is 427 g/mol. The highest BCUT2D eigenvalue weighted by molar-refractivity contribution is 6.32. The number of benzene rings is 2. The largest absolute Gasteiger partial charge is 0.493 e. The maximum Gasteiger partial charge on any atom is 0.255 e. The van der Waals surface area contributed by atoms with Gasteiger partial charge in [0.2, 0.25) is 5.91 Å². The third kappa shape index (κ3) is 6.04. The van der Waals surface area contributed by atoms with Gasteiger partial charge < -0.3 is 25.8 Å². The predicted molar refractivity (Wildman–Crippen MR) is 100 cm³/mol. The van der Waals surface area contributed by atoms with Crippen LogP contribution in [0.15, 0.2) is 30.3 Å². The van der Waals surface area contributed by atoms with Crippen molar-refractivity contribution in [3.63, 3.8) is 0 Å². The van der Waals surface area contributed by atoms with Crippen LogP contribution in [0.25, 0.3) is 0 Å². The minimum Gasteiger partial charge on any atom is -0.493 e. The Morgan fingerprint density at radius 2 is 1.86 bits per heavy atom. The molecule has 0 saturated heterocycles. The molecule has 0 unspecified atom stereocenters. The number of hydrogen-bond donors (Lipinski definition) is 3. The molecule has 0 aromatic heterocycles. The molecule has 11 heteroatoms. The zero-order chi connectivity index (χ0) is 21.6. The van der Waals surface area contributed by atoms with Gasteiger partial charge in [-0.05, 0) is 24.3 Å². The van der Waals surface area contributed by atoms with Crippen LogP contribution in [0.4, 0.5) is 14.5 Å². The summed E-state index contributed by atoms with van der Waals surface area (Å²) in [5, 5.41) is 4.65. The fourth-order valence-corrected chi connectivity index (χ4v) is 2.44. The minimum atomic E-state index is -1.12. The molecule has 0 aliphatic heterocycles. The summed E-state index contributed by atoms with van der Waals surface area (Å²) in [5.41, 5.74) is 5.10. The zero-order valence-corrected chi connectivity index (χ0v) is 15.8. The molecule has 0 atom stereocenters. The van der Waals surface area contributed by atoms with Gasteiger partial charge >= 0.3 is 0 Å². The van der Waals surface area contributed by atoms with Gasteiger partial charge in [-0.2, -0.15) is 0 Å². The molecule has 4 N–H and O–H groups in total. The fourth-order valence-electron chi connectivity index (χ4n) is 2.18. The highest BCUT2D eigenvalue weighted by Crippen LogP contribution is 2.36. The van der Waals surface area contributed by atoms with Gasteiger partial charge in [-0.25, -0.2) is 8.78 Å². The number of carbonyl (C=O) groups is 3. The average Bonchev–Trinajstić information content (AvgIpc) is 2.67. The first-order valence-corrected chi connectivity index (χ1v) is 8.40. The van der Waals surface area contributed by atoms with Crippen LogP contribution in [0, 0.1) is 11.6 Å². The zero-order valence-electron chi connectivity index (χ0n) is 15.1. The number of nitrogens with one attached hydrogen (secondary N) is 2. The van der Waals surface area contributed by atoms with Gasteiger partial charge in [-0.3, -0.25) is 14.4 Å². The second-order valence-electron chi connectivity index (χ2n) is 5.60. The van der Waals surface area contributed by atoms with Gasteiger partial charge in [-0.15, -0.1) is 0 Å². The van der Waals surface area contributed by atoms with Crippen molar-refractivity contribution in [2.45, 2.75) is 0 Å². The number of methoxy groups -OCH3 is 1. The van der Waals surface area contributed by atoms with Crippen LogP contribution in [-0.4, -0.2) is 38.0 Å². The number of hydrogen-bond acceptors (Lipinski definition) is 5. The molecule has 0 fully saturated rings. The van der Waals surface area contributed by atoms with Gasteiger partial charge in [-0.1, -0.05) is 11.6 Å². The lowest BCUT2D eigenvalue weighted by Gasteiger charge is -2.13. The number of rotatable bonds is 8. The van der Waals surface area contributed by atoms with Gasteiger partial charge in [0.05, 0.1) is 18.7 Å². The van der Waals surface area contributed by atoms with E-state index in [1.807, 2.05) is 0 Å². The summed E-state index contributed by atoms with van der Waals surface area (Å²) in [6.07, 6.45) is 0.